The lowest BCUT2D eigenvalue weighted by Gasteiger charge is -2.57. The first-order chi connectivity index (χ1) is 8.60. The number of carbonyl (C=O) groups excluding carboxylic acids is 1. The molecule has 4 aliphatic rings. The minimum absolute atomic E-state index is 0.0493. The maximum absolute atomic E-state index is 11.8. The summed E-state index contributed by atoms with van der Waals surface area (Å²) >= 11 is 0. The molecule has 4 rings (SSSR count). The number of amides is 1. The van der Waals surface area contributed by atoms with Crippen LogP contribution in [0.5, 0.6) is 0 Å². The lowest BCUT2D eigenvalue weighted by Crippen LogP contribution is -2.52. The first kappa shape index (κ1) is 12.5. The van der Waals surface area contributed by atoms with Crippen LogP contribution in [0.2, 0.25) is 0 Å². The number of rotatable bonds is 4. The van der Waals surface area contributed by atoms with E-state index in [9.17, 15) is 4.79 Å². The highest BCUT2D eigenvalue weighted by Crippen LogP contribution is 2.59. The molecule has 0 radical (unpaired) electrons. The third-order valence-corrected chi connectivity index (χ3v) is 5.53. The Morgan fingerprint density at radius 2 is 1.72 bits per heavy atom. The molecule has 3 nitrogen and oxygen atoms in total. The standard InChI is InChI=1S/C15H25NO2/c1-10(18-2)14(17)16-9-15-6-11-3-12(7-15)5-13(4-11)8-15/h10-13H,3-9H2,1-2H3,(H,16,17). The van der Waals surface area contributed by atoms with Crippen molar-refractivity contribution < 1.29 is 9.53 Å². The van der Waals surface area contributed by atoms with Gasteiger partial charge in [-0.3, -0.25) is 4.79 Å². The summed E-state index contributed by atoms with van der Waals surface area (Å²) in [5, 5.41) is 3.13. The molecule has 4 fully saturated rings. The summed E-state index contributed by atoms with van der Waals surface area (Å²) in [7, 11) is 1.59. The summed E-state index contributed by atoms with van der Waals surface area (Å²) < 4.78 is 5.07. The van der Waals surface area contributed by atoms with Crippen molar-refractivity contribution in [3.63, 3.8) is 0 Å². The van der Waals surface area contributed by atoms with Crippen molar-refractivity contribution in [2.45, 2.75) is 51.6 Å². The van der Waals surface area contributed by atoms with Crippen LogP contribution in [0, 0.1) is 23.2 Å². The van der Waals surface area contributed by atoms with E-state index in [1.54, 1.807) is 7.11 Å². The van der Waals surface area contributed by atoms with Crippen molar-refractivity contribution in [3.05, 3.63) is 0 Å². The fourth-order valence-electron chi connectivity index (χ4n) is 5.03. The van der Waals surface area contributed by atoms with Crippen LogP contribution in [0.4, 0.5) is 0 Å². The van der Waals surface area contributed by atoms with Gasteiger partial charge in [0, 0.05) is 13.7 Å². The summed E-state index contributed by atoms with van der Waals surface area (Å²) in [5.74, 6) is 2.90. The predicted molar refractivity (Wildman–Crippen MR) is 70.1 cm³/mol. The average Bonchev–Trinajstić information content (AvgIpc) is 2.33. The summed E-state index contributed by atoms with van der Waals surface area (Å²) in [6.07, 6.45) is 8.10. The van der Waals surface area contributed by atoms with Crippen LogP contribution in [-0.2, 0) is 9.53 Å². The van der Waals surface area contributed by atoms with Gasteiger partial charge in [-0.2, -0.15) is 0 Å². The Morgan fingerprint density at radius 1 is 1.22 bits per heavy atom. The van der Waals surface area contributed by atoms with E-state index in [1.165, 1.54) is 38.5 Å². The average molecular weight is 251 g/mol. The van der Waals surface area contributed by atoms with E-state index in [2.05, 4.69) is 5.32 Å². The zero-order valence-corrected chi connectivity index (χ0v) is 11.6. The Hall–Kier alpha value is -0.570. The van der Waals surface area contributed by atoms with Crippen LogP contribution in [0.1, 0.15) is 45.4 Å². The lowest BCUT2D eigenvalue weighted by molar-refractivity contribution is -0.132. The molecule has 0 spiro atoms. The van der Waals surface area contributed by atoms with Crippen LogP contribution in [0.3, 0.4) is 0 Å². The molecule has 0 aromatic heterocycles. The molecule has 0 saturated heterocycles. The topological polar surface area (TPSA) is 38.3 Å². The maximum atomic E-state index is 11.8. The van der Waals surface area contributed by atoms with Gasteiger partial charge in [0.1, 0.15) is 6.10 Å². The molecule has 18 heavy (non-hydrogen) atoms. The molecule has 102 valence electrons. The normalized spacial score (nSPS) is 42.9. The molecule has 4 aliphatic carbocycles. The van der Waals surface area contributed by atoms with E-state index in [4.69, 9.17) is 4.74 Å². The predicted octanol–water partition coefficient (Wildman–Crippen LogP) is 2.35. The molecular weight excluding hydrogens is 226 g/mol. The van der Waals surface area contributed by atoms with Crippen LogP contribution in [0.25, 0.3) is 0 Å². The van der Waals surface area contributed by atoms with Gasteiger partial charge >= 0.3 is 0 Å². The lowest BCUT2D eigenvalue weighted by atomic mass is 9.49. The van der Waals surface area contributed by atoms with E-state index in [1.807, 2.05) is 6.92 Å². The van der Waals surface area contributed by atoms with Crippen LogP contribution >= 0.6 is 0 Å². The molecule has 3 heteroatoms. The molecule has 0 aliphatic heterocycles. The Balaban J connectivity index is 1.61. The second kappa shape index (κ2) is 4.52. The van der Waals surface area contributed by atoms with Crippen molar-refractivity contribution in [2.24, 2.45) is 23.2 Å². The summed E-state index contributed by atoms with van der Waals surface area (Å²) in [6.45, 7) is 2.69. The summed E-state index contributed by atoms with van der Waals surface area (Å²) in [6, 6.07) is 0. The van der Waals surface area contributed by atoms with Gasteiger partial charge in [0.25, 0.3) is 0 Å². The van der Waals surface area contributed by atoms with Crippen molar-refractivity contribution in [1.82, 2.24) is 5.32 Å². The van der Waals surface area contributed by atoms with E-state index >= 15 is 0 Å². The van der Waals surface area contributed by atoms with Gasteiger partial charge in [-0.1, -0.05) is 0 Å². The van der Waals surface area contributed by atoms with Gasteiger partial charge < -0.3 is 10.1 Å². The van der Waals surface area contributed by atoms with Crippen LogP contribution in [-0.4, -0.2) is 25.7 Å². The fraction of sp³-hybridized carbons (Fsp3) is 0.933. The smallest absolute Gasteiger partial charge is 0.248 e. The highest BCUT2D eigenvalue weighted by atomic mass is 16.5. The quantitative estimate of drug-likeness (QED) is 0.833. The van der Waals surface area contributed by atoms with Crippen molar-refractivity contribution >= 4 is 5.91 Å². The van der Waals surface area contributed by atoms with Crippen molar-refractivity contribution in [2.75, 3.05) is 13.7 Å². The van der Waals surface area contributed by atoms with Gasteiger partial charge in [0.15, 0.2) is 0 Å². The molecule has 1 amide bonds. The summed E-state index contributed by atoms with van der Waals surface area (Å²) in [4.78, 5) is 11.8. The first-order valence-corrected chi connectivity index (χ1v) is 7.41. The minimum atomic E-state index is -0.320. The second-order valence-electron chi connectivity index (χ2n) is 7.01. The van der Waals surface area contributed by atoms with Gasteiger partial charge in [-0.15, -0.1) is 0 Å². The van der Waals surface area contributed by atoms with E-state index < -0.39 is 0 Å². The Morgan fingerprint density at radius 3 is 2.17 bits per heavy atom. The Labute approximate surface area is 110 Å². The second-order valence-corrected chi connectivity index (χ2v) is 7.01. The molecule has 4 bridgehead atoms. The zero-order chi connectivity index (χ0) is 12.8. The molecule has 0 aromatic rings. The number of hydrogen-bond acceptors (Lipinski definition) is 2. The molecule has 4 saturated carbocycles. The molecule has 1 unspecified atom stereocenters. The summed E-state index contributed by atoms with van der Waals surface area (Å²) in [5.41, 5.74) is 0.428. The van der Waals surface area contributed by atoms with Crippen LogP contribution < -0.4 is 5.32 Å². The van der Waals surface area contributed by atoms with Gasteiger partial charge in [-0.25, -0.2) is 0 Å². The van der Waals surface area contributed by atoms with Gasteiger partial charge in [0.05, 0.1) is 0 Å². The zero-order valence-electron chi connectivity index (χ0n) is 11.6. The highest BCUT2D eigenvalue weighted by molar-refractivity contribution is 5.80. The third kappa shape index (κ3) is 2.18. The number of carbonyl (C=O) groups is 1. The van der Waals surface area contributed by atoms with Crippen molar-refractivity contribution in [3.8, 4) is 0 Å². The molecule has 0 heterocycles. The van der Waals surface area contributed by atoms with E-state index in [-0.39, 0.29) is 12.0 Å². The molecule has 0 aromatic carbocycles. The number of nitrogens with one attached hydrogen (secondary N) is 1. The monoisotopic (exact) mass is 251 g/mol. The SMILES string of the molecule is COC(C)C(=O)NCC12CC3CC(CC(C3)C1)C2. The highest BCUT2D eigenvalue weighted by Gasteiger charge is 2.50. The minimum Gasteiger partial charge on any atom is -0.372 e. The molecular formula is C15H25NO2. The van der Waals surface area contributed by atoms with Crippen LogP contribution in [0.15, 0.2) is 0 Å². The number of ether oxygens (including phenoxy) is 1. The molecule has 1 N–H and O–H groups in total. The van der Waals surface area contributed by atoms with E-state index in [0.717, 1.165) is 24.3 Å². The largest absolute Gasteiger partial charge is 0.372 e. The van der Waals surface area contributed by atoms with E-state index in [0.29, 0.717) is 5.41 Å². The van der Waals surface area contributed by atoms with Gasteiger partial charge in [-0.05, 0) is 68.6 Å². The first-order valence-electron chi connectivity index (χ1n) is 7.41. The third-order valence-electron chi connectivity index (χ3n) is 5.53. The number of hydrogen-bond donors (Lipinski definition) is 1. The van der Waals surface area contributed by atoms with Crippen molar-refractivity contribution in [1.29, 1.82) is 0 Å². The number of methoxy groups -OCH3 is 1. The maximum Gasteiger partial charge on any atom is 0.248 e. The Bertz CT molecular complexity index is 304. The Kier molecular flexibility index (Phi) is 3.13. The molecule has 1 atom stereocenters. The van der Waals surface area contributed by atoms with Gasteiger partial charge in [0.2, 0.25) is 5.91 Å². The fourth-order valence-corrected chi connectivity index (χ4v) is 5.03.